The van der Waals surface area contributed by atoms with Crippen molar-refractivity contribution in [1.29, 1.82) is 0 Å². The summed E-state index contributed by atoms with van der Waals surface area (Å²) in [6.45, 7) is 5.16. The van der Waals surface area contributed by atoms with Crippen molar-refractivity contribution in [3.8, 4) is 11.1 Å². The number of pyridine rings is 1. The number of halogens is 1. The van der Waals surface area contributed by atoms with Crippen LogP contribution in [0.3, 0.4) is 0 Å². The largest absolute Gasteiger partial charge is 0.310 e. The van der Waals surface area contributed by atoms with Gasteiger partial charge in [-0.3, -0.25) is 4.98 Å². The molecule has 0 saturated carbocycles. The molecule has 100 valence electrons. The standard InChI is InChI=1S/C16H19FN2/c1-3-16(19-4-2)13-7-5-6-12(10-13)14-8-9-18-11-15(14)17/h5-11,16,19H,3-4H2,1-2H3. The highest BCUT2D eigenvalue weighted by molar-refractivity contribution is 5.64. The molecule has 1 atom stereocenters. The molecule has 0 aliphatic rings. The average Bonchev–Trinajstić information content (AvgIpc) is 2.45. The Kier molecular flexibility index (Phi) is 4.63. The lowest BCUT2D eigenvalue weighted by molar-refractivity contribution is 0.537. The molecule has 2 rings (SSSR count). The summed E-state index contributed by atoms with van der Waals surface area (Å²) in [6, 6.07) is 10.1. The second kappa shape index (κ2) is 6.43. The highest BCUT2D eigenvalue weighted by atomic mass is 19.1. The number of hydrogen-bond donors (Lipinski definition) is 1. The van der Waals surface area contributed by atoms with Crippen LogP contribution >= 0.6 is 0 Å². The number of nitrogens with one attached hydrogen (secondary N) is 1. The van der Waals surface area contributed by atoms with E-state index in [-0.39, 0.29) is 5.82 Å². The van der Waals surface area contributed by atoms with E-state index < -0.39 is 0 Å². The van der Waals surface area contributed by atoms with Gasteiger partial charge in [-0.25, -0.2) is 4.39 Å². The first kappa shape index (κ1) is 13.7. The summed E-state index contributed by atoms with van der Waals surface area (Å²) >= 11 is 0. The van der Waals surface area contributed by atoms with Crippen LogP contribution in [0.25, 0.3) is 11.1 Å². The Balaban J connectivity index is 2.36. The molecule has 0 aliphatic carbocycles. The molecule has 2 aromatic rings. The van der Waals surface area contributed by atoms with Gasteiger partial charge >= 0.3 is 0 Å². The van der Waals surface area contributed by atoms with Gasteiger partial charge < -0.3 is 5.32 Å². The first-order valence-electron chi connectivity index (χ1n) is 6.69. The topological polar surface area (TPSA) is 24.9 Å². The van der Waals surface area contributed by atoms with Crippen molar-refractivity contribution in [2.45, 2.75) is 26.3 Å². The molecular formula is C16H19FN2. The third-order valence-corrected chi connectivity index (χ3v) is 3.23. The van der Waals surface area contributed by atoms with Gasteiger partial charge in [0.2, 0.25) is 0 Å². The molecule has 0 bridgehead atoms. The third-order valence-electron chi connectivity index (χ3n) is 3.23. The van der Waals surface area contributed by atoms with Crippen LogP contribution in [0, 0.1) is 5.82 Å². The van der Waals surface area contributed by atoms with Crippen molar-refractivity contribution in [2.75, 3.05) is 6.54 Å². The molecule has 3 heteroatoms. The van der Waals surface area contributed by atoms with Gasteiger partial charge in [0.05, 0.1) is 6.20 Å². The van der Waals surface area contributed by atoms with Crippen LogP contribution in [0.15, 0.2) is 42.7 Å². The predicted octanol–water partition coefficient (Wildman–Crippen LogP) is 3.95. The van der Waals surface area contributed by atoms with E-state index in [1.165, 1.54) is 11.8 Å². The molecule has 2 nitrogen and oxygen atoms in total. The number of nitrogens with zero attached hydrogens (tertiary/aromatic N) is 1. The van der Waals surface area contributed by atoms with Crippen molar-refractivity contribution >= 4 is 0 Å². The lowest BCUT2D eigenvalue weighted by Gasteiger charge is -2.17. The van der Waals surface area contributed by atoms with Gasteiger partial charge in [0.1, 0.15) is 5.82 Å². The van der Waals surface area contributed by atoms with Crippen molar-refractivity contribution in [2.24, 2.45) is 0 Å². The maximum Gasteiger partial charge on any atom is 0.149 e. The van der Waals surface area contributed by atoms with Gasteiger partial charge in [-0.1, -0.05) is 32.0 Å². The Labute approximate surface area is 113 Å². The summed E-state index contributed by atoms with van der Waals surface area (Å²) in [5.74, 6) is -0.281. The second-order valence-corrected chi connectivity index (χ2v) is 4.50. The fraction of sp³-hybridized carbons (Fsp3) is 0.312. The molecule has 0 spiro atoms. The zero-order chi connectivity index (χ0) is 13.7. The SMILES string of the molecule is CCNC(CC)c1cccc(-c2ccncc2F)c1. The monoisotopic (exact) mass is 258 g/mol. The first-order valence-corrected chi connectivity index (χ1v) is 6.69. The summed E-state index contributed by atoms with van der Waals surface area (Å²) in [5, 5.41) is 3.44. The molecule has 0 fully saturated rings. The van der Waals surface area contributed by atoms with E-state index in [9.17, 15) is 4.39 Å². The van der Waals surface area contributed by atoms with E-state index in [0.29, 0.717) is 11.6 Å². The normalized spacial score (nSPS) is 12.4. The molecule has 0 saturated heterocycles. The highest BCUT2D eigenvalue weighted by Gasteiger charge is 2.10. The minimum atomic E-state index is -0.281. The quantitative estimate of drug-likeness (QED) is 0.878. The molecule has 1 unspecified atom stereocenters. The summed E-state index contributed by atoms with van der Waals surface area (Å²) in [4.78, 5) is 3.79. The molecular weight excluding hydrogens is 239 g/mol. The summed E-state index contributed by atoms with van der Waals surface area (Å²) < 4.78 is 13.8. The van der Waals surface area contributed by atoms with Gasteiger partial charge in [-0.05, 0) is 36.2 Å². The van der Waals surface area contributed by atoms with E-state index >= 15 is 0 Å². The Morgan fingerprint density at radius 2 is 2.11 bits per heavy atom. The molecule has 0 aliphatic heterocycles. The van der Waals surface area contributed by atoms with Crippen LogP contribution in [0.4, 0.5) is 4.39 Å². The average molecular weight is 258 g/mol. The highest BCUT2D eigenvalue weighted by Crippen LogP contribution is 2.26. The van der Waals surface area contributed by atoms with Gasteiger partial charge in [-0.15, -0.1) is 0 Å². The molecule has 0 amide bonds. The summed E-state index contributed by atoms with van der Waals surface area (Å²) in [6.07, 6.45) is 3.88. The van der Waals surface area contributed by atoms with Crippen LogP contribution in [0.2, 0.25) is 0 Å². The zero-order valence-corrected chi connectivity index (χ0v) is 11.4. The summed E-state index contributed by atoms with van der Waals surface area (Å²) in [7, 11) is 0. The van der Waals surface area contributed by atoms with Crippen LogP contribution in [0.1, 0.15) is 31.9 Å². The lowest BCUT2D eigenvalue weighted by Crippen LogP contribution is -2.19. The predicted molar refractivity (Wildman–Crippen MR) is 76.3 cm³/mol. The second-order valence-electron chi connectivity index (χ2n) is 4.50. The molecule has 0 radical (unpaired) electrons. The van der Waals surface area contributed by atoms with Crippen LogP contribution in [0.5, 0.6) is 0 Å². The minimum Gasteiger partial charge on any atom is -0.310 e. The molecule has 19 heavy (non-hydrogen) atoms. The Morgan fingerprint density at radius 3 is 2.79 bits per heavy atom. The minimum absolute atomic E-state index is 0.281. The third kappa shape index (κ3) is 3.18. The fourth-order valence-electron chi connectivity index (χ4n) is 2.28. The number of aromatic nitrogens is 1. The Hall–Kier alpha value is -1.74. The summed E-state index contributed by atoms with van der Waals surface area (Å²) in [5.41, 5.74) is 2.69. The van der Waals surface area contributed by atoms with E-state index in [2.05, 4.69) is 36.3 Å². The van der Waals surface area contributed by atoms with E-state index in [1.54, 1.807) is 12.3 Å². The van der Waals surface area contributed by atoms with Gasteiger partial charge in [0.15, 0.2) is 0 Å². The van der Waals surface area contributed by atoms with Gasteiger partial charge in [0, 0.05) is 17.8 Å². The van der Waals surface area contributed by atoms with E-state index in [0.717, 1.165) is 18.5 Å². The zero-order valence-electron chi connectivity index (χ0n) is 11.4. The van der Waals surface area contributed by atoms with Crippen molar-refractivity contribution in [1.82, 2.24) is 10.3 Å². The lowest BCUT2D eigenvalue weighted by atomic mass is 9.98. The number of benzene rings is 1. The van der Waals surface area contributed by atoms with Crippen LogP contribution < -0.4 is 5.32 Å². The smallest absolute Gasteiger partial charge is 0.149 e. The molecule has 1 N–H and O–H groups in total. The van der Waals surface area contributed by atoms with E-state index in [1.807, 2.05) is 12.1 Å². The van der Waals surface area contributed by atoms with Crippen LogP contribution in [-0.4, -0.2) is 11.5 Å². The number of hydrogen-bond acceptors (Lipinski definition) is 2. The Bertz CT molecular complexity index is 540. The molecule has 1 aromatic carbocycles. The van der Waals surface area contributed by atoms with Gasteiger partial charge in [0.25, 0.3) is 0 Å². The first-order chi connectivity index (χ1) is 9.26. The molecule has 1 aromatic heterocycles. The van der Waals surface area contributed by atoms with Gasteiger partial charge in [-0.2, -0.15) is 0 Å². The maximum atomic E-state index is 13.8. The van der Waals surface area contributed by atoms with Crippen LogP contribution in [-0.2, 0) is 0 Å². The van der Waals surface area contributed by atoms with E-state index in [4.69, 9.17) is 0 Å². The Morgan fingerprint density at radius 1 is 1.26 bits per heavy atom. The van der Waals surface area contributed by atoms with Crippen molar-refractivity contribution < 1.29 is 4.39 Å². The van der Waals surface area contributed by atoms with Crippen molar-refractivity contribution in [3.05, 3.63) is 54.1 Å². The van der Waals surface area contributed by atoms with Crippen molar-refractivity contribution in [3.63, 3.8) is 0 Å². The molecule has 1 heterocycles. The fourth-order valence-corrected chi connectivity index (χ4v) is 2.28. The number of rotatable bonds is 5. The maximum absolute atomic E-state index is 13.8.